The Morgan fingerprint density at radius 3 is 2.82 bits per heavy atom. The second-order valence-electron chi connectivity index (χ2n) is 3.73. The van der Waals surface area contributed by atoms with Crippen molar-refractivity contribution in [1.29, 1.82) is 0 Å². The maximum Gasteiger partial charge on any atom is 0.334 e. The number of hydrogen-bond acceptors (Lipinski definition) is 3. The monoisotopic (exact) mass is 237 g/mol. The van der Waals surface area contributed by atoms with Gasteiger partial charge in [-0.2, -0.15) is 0 Å². The summed E-state index contributed by atoms with van der Waals surface area (Å²) in [5, 5.41) is 11.4. The summed E-state index contributed by atoms with van der Waals surface area (Å²) in [6, 6.07) is 3.22. The number of fused-ring (bicyclic) bond motifs is 1. The van der Waals surface area contributed by atoms with E-state index >= 15 is 0 Å². The van der Waals surface area contributed by atoms with Crippen LogP contribution in [-0.4, -0.2) is 23.3 Å². The molecule has 17 heavy (non-hydrogen) atoms. The SMILES string of the molecule is O=CCC1(C(=O)O)NC(=O)c2cc(F)ccc21. The second-order valence-corrected chi connectivity index (χ2v) is 3.73. The van der Waals surface area contributed by atoms with Gasteiger partial charge in [-0.3, -0.25) is 4.79 Å². The summed E-state index contributed by atoms with van der Waals surface area (Å²) >= 11 is 0. The third kappa shape index (κ3) is 1.49. The van der Waals surface area contributed by atoms with E-state index in [2.05, 4.69) is 5.32 Å². The summed E-state index contributed by atoms with van der Waals surface area (Å²) in [6.07, 6.45) is 0.0135. The molecule has 88 valence electrons. The molecule has 1 heterocycles. The molecular weight excluding hydrogens is 229 g/mol. The molecule has 1 aliphatic rings. The van der Waals surface area contributed by atoms with Crippen molar-refractivity contribution in [2.75, 3.05) is 0 Å². The molecule has 1 aromatic carbocycles. The molecule has 0 aliphatic carbocycles. The molecular formula is C11H8FNO4. The first-order chi connectivity index (χ1) is 8.01. The van der Waals surface area contributed by atoms with Gasteiger partial charge in [-0.25, -0.2) is 9.18 Å². The molecule has 0 spiro atoms. The van der Waals surface area contributed by atoms with E-state index in [1.54, 1.807) is 0 Å². The molecule has 2 N–H and O–H groups in total. The highest BCUT2D eigenvalue weighted by atomic mass is 19.1. The van der Waals surface area contributed by atoms with E-state index in [1.807, 2.05) is 0 Å². The maximum absolute atomic E-state index is 13.0. The van der Waals surface area contributed by atoms with E-state index in [1.165, 1.54) is 6.07 Å². The highest BCUT2D eigenvalue weighted by molar-refractivity contribution is 6.06. The van der Waals surface area contributed by atoms with E-state index in [-0.39, 0.29) is 11.1 Å². The highest BCUT2D eigenvalue weighted by Crippen LogP contribution is 2.34. The Kier molecular flexibility index (Phi) is 2.42. The predicted octanol–water partition coefficient (Wildman–Crippen LogP) is 0.438. The number of carboxylic acids is 1. The van der Waals surface area contributed by atoms with E-state index in [9.17, 15) is 18.8 Å². The minimum Gasteiger partial charge on any atom is -0.479 e. The van der Waals surface area contributed by atoms with Gasteiger partial charge in [0.2, 0.25) is 0 Å². The summed E-state index contributed by atoms with van der Waals surface area (Å²) in [7, 11) is 0. The van der Waals surface area contributed by atoms with Gasteiger partial charge in [0.05, 0.1) is 0 Å². The van der Waals surface area contributed by atoms with Gasteiger partial charge in [0.1, 0.15) is 12.1 Å². The van der Waals surface area contributed by atoms with Crippen LogP contribution in [0.4, 0.5) is 4.39 Å². The van der Waals surface area contributed by atoms with Crippen molar-refractivity contribution in [1.82, 2.24) is 5.32 Å². The fourth-order valence-electron chi connectivity index (χ4n) is 1.95. The Labute approximate surface area is 95.2 Å². The van der Waals surface area contributed by atoms with Crippen LogP contribution < -0.4 is 5.32 Å². The molecule has 1 aliphatic heterocycles. The summed E-state index contributed by atoms with van der Waals surface area (Å²) < 4.78 is 13.0. The van der Waals surface area contributed by atoms with Crippen LogP contribution in [0.25, 0.3) is 0 Å². The number of rotatable bonds is 3. The van der Waals surface area contributed by atoms with Gasteiger partial charge in [-0.1, -0.05) is 6.07 Å². The highest BCUT2D eigenvalue weighted by Gasteiger charge is 2.49. The lowest BCUT2D eigenvalue weighted by Crippen LogP contribution is -2.46. The molecule has 0 aromatic heterocycles. The lowest BCUT2D eigenvalue weighted by Gasteiger charge is -2.22. The van der Waals surface area contributed by atoms with Crippen LogP contribution in [0.1, 0.15) is 22.3 Å². The van der Waals surface area contributed by atoms with Gasteiger partial charge in [0.15, 0.2) is 5.54 Å². The normalized spacial score (nSPS) is 21.8. The third-order valence-corrected chi connectivity index (χ3v) is 2.77. The Balaban J connectivity index is 2.65. The lowest BCUT2D eigenvalue weighted by atomic mass is 9.88. The van der Waals surface area contributed by atoms with Crippen LogP contribution in [0.2, 0.25) is 0 Å². The number of carboxylic acid groups (broad SMARTS) is 1. The van der Waals surface area contributed by atoms with Crippen LogP contribution in [0.5, 0.6) is 0 Å². The Morgan fingerprint density at radius 1 is 1.53 bits per heavy atom. The Bertz CT molecular complexity index is 528. The smallest absolute Gasteiger partial charge is 0.334 e. The largest absolute Gasteiger partial charge is 0.479 e. The topological polar surface area (TPSA) is 83.5 Å². The van der Waals surface area contributed by atoms with E-state index in [0.717, 1.165) is 12.1 Å². The summed E-state index contributed by atoms with van der Waals surface area (Å²) in [4.78, 5) is 33.4. The van der Waals surface area contributed by atoms with Crippen molar-refractivity contribution < 1.29 is 23.9 Å². The molecule has 1 aromatic rings. The van der Waals surface area contributed by atoms with Crippen molar-refractivity contribution in [2.24, 2.45) is 0 Å². The van der Waals surface area contributed by atoms with Gasteiger partial charge in [-0.15, -0.1) is 0 Å². The van der Waals surface area contributed by atoms with Crippen LogP contribution in [0.15, 0.2) is 18.2 Å². The number of benzene rings is 1. The molecule has 0 saturated heterocycles. The standard InChI is InChI=1S/C11H8FNO4/c12-6-1-2-8-7(5-6)9(15)13-11(8,3-4-14)10(16)17/h1-2,4-5H,3H2,(H,13,15)(H,16,17). The fourth-order valence-corrected chi connectivity index (χ4v) is 1.95. The molecule has 0 saturated carbocycles. The summed E-state index contributed by atoms with van der Waals surface area (Å²) in [5.41, 5.74) is -1.71. The lowest BCUT2D eigenvalue weighted by molar-refractivity contribution is -0.145. The number of aliphatic carboxylic acids is 1. The van der Waals surface area contributed by atoms with Crippen LogP contribution in [-0.2, 0) is 15.1 Å². The third-order valence-electron chi connectivity index (χ3n) is 2.77. The van der Waals surface area contributed by atoms with Crippen molar-refractivity contribution in [3.05, 3.63) is 35.1 Å². The number of amides is 1. The minimum atomic E-state index is -1.78. The molecule has 5 nitrogen and oxygen atoms in total. The number of halogens is 1. The molecule has 2 rings (SSSR count). The van der Waals surface area contributed by atoms with Crippen molar-refractivity contribution in [3.63, 3.8) is 0 Å². The van der Waals surface area contributed by atoms with Gasteiger partial charge in [0, 0.05) is 17.5 Å². The van der Waals surface area contributed by atoms with Crippen molar-refractivity contribution in [3.8, 4) is 0 Å². The number of hydrogen-bond donors (Lipinski definition) is 2. The van der Waals surface area contributed by atoms with Crippen molar-refractivity contribution >= 4 is 18.2 Å². The van der Waals surface area contributed by atoms with Gasteiger partial charge in [0.25, 0.3) is 5.91 Å². The molecule has 0 fully saturated rings. The van der Waals surface area contributed by atoms with Gasteiger partial charge in [-0.05, 0) is 12.1 Å². The average molecular weight is 237 g/mol. The first kappa shape index (κ1) is 11.3. The number of carbonyl (C=O) groups is 3. The first-order valence-corrected chi connectivity index (χ1v) is 4.81. The molecule has 6 heteroatoms. The van der Waals surface area contributed by atoms with Crippen LogP contribution in [0, 0.1) is 5.82 Å². The quantitative estimate of drug-likeness (QED) is 0.747. The minimum absolute atomic E-state index is 0.0470. The summed E-state index contributed by atoms with van der Waals surface area (Å²) in [6.45, 7) is 0. The van der Waals surface area contributed by atoms with Crippen molar-refractivity contribution in [2.45, 2.75) is 12.0 Å². The number of carbonyl (C=O) groups excluding carboxylic acids is 2. The predicted molar refractivity (Wildman–Crippen MR) is 53.9 cm³/mol. The van der Waals surface area contributed by atoms with Gasteiger partial charge < -0.3 is 15.2 Å². The number of nitrogens with one attached hydrogen (secondary N) is 1. The maximum atomic E-state index is 13.0. The zero-order valence-corrected chi connectivity index (χ0v) is 8.57. The van der Waals surface area contributed by atoms with Crippen LogP contribution in [0.3, 0.4) is 0 Å². The second kappa shape index (κ2) is 3.65. The first-order valence-electron chi connectivity index (χ1n) is 4.81. The van der Waals surface area contributed by atoms with Gasteiger partial charge >= 0.3 is 5.97 Å². The Hall–Kier alpha value is -2.24. The molecule has 0 bridgehead atoms. The van der Waals surface area contributed by atoms with E-state index < -0.39 is 29.7 Å². The van der Waals surface area contributed by atoms with E-state index in [4.69, 9.17) is 5.11 Å². The fraction of sp³-hybridized carbons (Fsp3) is 0.182. The molecule has 1 atom stereocenters. The molecule has 0 radical (unpaired) electrons. The zero-order chi connectivity index (χ0) is 12.6. The summed E-state index contributed by atoms with van der Waals surface area (Å²) in [5.74, 6) is -2.67. The number of aldehydes is 1. The zero-order valence-electron chi connectivity index (χ0n) is 8.57. The van der Waals surface area contributed by atoms with E-state index in [0.29, 0.717) is 6.29 Å². The molecule has 1 unspecified atom stereocenters. The Morgan fingerprint density at radius 2 is 2.24 bits per heavy atom. The molecule has 1 amide bonds. The average Bonchev–Trinajstić information content (AvgIpc) is 2.54. The van der Waals surface area contributed by atoms with Crippen LogP contribution >= 0.6 is 0 Å².